The van der Waals surface area contributed by atoms with Crippen molar-refractivity contribution >= 4 is 35.1 Å². The summed E-state index contributed by atoms with van der Waals surface area (Å²) in [4.78, 5) is 24.8. The van der Waals surface area contributed by atoms with Gasteiger partial charge < -0.3 is 15.2 Å². The van der Waals surface area contributed by atoms with Crippen LogP contribution in [0.15, 0.2) is 18.2 Å². The van der Waals surface area contributed by atoms with Crippen molar-refractivity contribution in [3.05, 3.63) is 33.8 Å². The van der Waals surface area contributed by atoms with Crippen LogP contribution in [0.1, 0.15) is 44.1 Å². The van der Waals surface area contributed by atoms with E-state index in [1.165, 1.54) is 0 Å². The molecule has 0 radical (unpaired) electrons. The van der Waals surface area contributed by atoms with Gasteiger partial charge in [-0.15, -0.1) is 0 Å². The lowest BCUT2D eigenvalue weighted by molar-refractivity contribution is -0.196. The molecule has 4 aliphatic carbocycles. The zero-order valence-electron chi connectivity index (χ0n) is 15.0. The number of amides is 1. The number of ether oxygens (including phenoxy) is 1. The van der Waals surface area contributed by atoms with Gasteiger partial charge in [0.1, 0.15) is 0 Å². The summed E-state index contributed by atoms with van der Waals surface area (Å²) in [5.41, 5.74) is -0.598. The van der Waals surface area contributed by atoms with E-state index >= 15 is 0 Å². The minimum absolute atomic E-state index is 0.238. The maximum absolute atomic E-state index is 12.8. The zero-order valence-corrected chi connectivity index (χ0v) is 16.5. The summed E-state index contributed by atoms with van der Waals surface area (Å²) in [7, 11) is 0. The van der Waals surface area contributed by atoms with Gasteiger partial charge in [-0.3, -0.25) is 9.59 Å². The second kappa shape index (κ2) is 6.94. The standard InChI is InChI=1S/C20H23Cl2NO4/c21-15-2-1-14(16(22)4-15)9-23-17(24)10-27-18(25)19-5-12-3-13(6-19)8-20(26,7-12)11-19/h1-2,4,12-13,26H,3,5-11H2,(H,23,24)/t12-,13+,19?,20?. The molecule has 0 spiro atoms. The number of benzene rings is 1. The highest BCUT2D eigenvalue weighted by Gasteiger charge is 2.60. The number of nitrogens with one attached hydrogen (secondary N) is 1. The summed E-state index contributed by atoms with van der Waals surface area (Å²) >= 11 is 11.9. The molecule has 2 unspecified atom stereocenters. The Kier molecular flexibility index (Phi) is 4.90. The van der Waals surface area contributed by atoms with Crippen LogP contribution in [0.5, 0.6) is 0 Å². The highest BCUT2D eigenvalue weighted by molar-refractivity contribution is 6.35. The Morgan fingerprint density at radius 3 is 2.52 bits per heavy atom. The molecule has 0 saturated heterocycles. The molecule has 4 fully saturated rings. The zero-order chi connectivity index (χ0) is 19.2. The predicted molar refractivity (Wildman–Crippen MR) is 101 cm³/mol. The third-order valence-corrected chi connectivity index (χ3v) is 6.88. The number of carbonyl (C=O) groups is 2. The summed E-state index contributed by atoms with van der Waals surface area (Å²) in [5, 5.41) is 14.4. The molecule has 0 aliphatic heterocycles. The van der Waals surface area contributed by atoms with Crippen LogP contribution in [0, 0.1) is 17.3 Å². The molecule has 146 valence electrons. The molecular weight excluding hydrogens is 389 g/mol. The molecule has 1 aromatic rings. The second-order valence-corrected chi connectivity index (χ2v) is 9.40. The lowest BCUT2D eigenvalue weighted by atomic mass is 9.48. The number of hydrogen-bond acceptors (Lipinski definition) is 4. The molecule has 0 heterocycles. The SMILES string of the molecule is O=C(COC(=O)C12C[C@@H]3C[C@@H](CC(O)(C3)C1)C2)NCc1ccc(Cl)cc1Cl. The van der Waals surface area contributed by atoms with Crippen LogP contribution in [0.25, 0.3) is 0 Å². The average molecular weight is 412 g/mol. The molecule has 0 aromatic heterocycles. The predicted octanol–water partition coefficient (Wildman–Crippen LogP) is 3.48. The minimum atomic E-state index is -0.726. The molecule has 4 atom stereocenters. The fourth-order valence-electron chi connectivity index (χ4n) is 5.65. The van der Waals surface area contributed by atoms with Crippen molar-refractivity contribution in [2.45, 2.75) is 50.7 Å². The molecule has 4 bridgehead atoms. The van der Waals surface area contributed by atoms with Crippen molar-refractivity contribution in [1.29, 1.82) is 0 Å². The number of esters is 1. The van der Waals surface area contributed by atoms with E-state index in [0.717, 1.165) is 37.7 Å². The first-order valence-corrected chi connectivity index (χ1v) is 10.1. The summed E-state index contributed by atoms with van der Waals surface area (Å²) in [6.45, 7) is -0.0824. The number of aliphatic hydroxyl groups is 1. The maximum Gasteiger partial charge on any atom is 0.312 e. The number of rotatable bonds is 5. The fraction of sp³-hybridized carbons (Fsp3) is 0.600. The van der Waals surface area contributed by atoms with Crippen LogP contribution in [0.4, 0.5) is 0 Å². The summed E-state index contributed by atoms with van der Waals surface area (Å²) in [6, 6.07) is 5.06. The lowest BCUT2D eigenvalue weighted by Crippen LogP contribution is -2.58. The first kappa shape index (κ1) is 19.0. The quantitative estimate of drug-likeness (QED) is 0.727. The maximum atomic E-state index is 12.8. The van der Waals surface area contributed by atoms with Gasteiger partial charge >= 0.3 is 5.97 Å². The second-order valence-electron chi connectivity index (χ2n) is 8.55. The van der Waals surface area contributed by atoms with Gasteiger partial charge in [0.15, 0.2) is 6.61 Å². The van der Waals surface area contributed by atoms with E-state index in [0.29, 0.717) is 28.3 Å². The van der Waals surface area contributed by atoms with Crippen molar-refractivity contribution in [3.8, 4) is 0 Å². The molecule has 1 amide bonds. The third-order valence-electron chi connectivity index (χ3n) is 6.29. The van der Waals surface area contributed by atoms with E-state index in [4.69, 9.17) is 27.9 Å². The van der Waals surface area contributed by atoms with Crippen LogP contribution < -0.4 is 5.32 Å². The first-order chi connectivity index (χ1) is 12.8. The summed E-state index contributed by atoms with van der Waals surface area (Å²) < 4.78 is 5.36. The van der Waals surface area contributed by atoms with Crippen molar-refractivity contribution in [3.63, 3.8) is 0 Å². The normalized spacial score (nSPS) is 33.7. The van der Waals surface area contributed by atoms with Gasteiger partial charge in [-0.2, -0.15) is 0 Å². The summed E-state index contributed by atoms with van der Waals surface area (Å²) in [5.74, 6) is 0.0712. The fourth-order valence-corrected chi connectivity index (χ4v) is 6.12. The smallest absolute Gasteiger partial charge is 0.312 e. The van der Waals surface area contributed by atoms with Crippen LogP contribution in [0.2, 0.25) is 10.0 Å². The monoisotopic (exact) mass is 411 g/mol. The Bertz CT molecular complexity index is 767. The Balaban J connectivity index is 1.31. The van der Waals surface area contributed by atoms with Crippen LogP contribution in [-0.4, -0.2) is 29.2 Å². The van der Waals surface area contributed by atoms with Gasteiger partial charge in [-0.1, -0.05) is 29.3 Å². The van der Waals surface area contributed by atoms with Gasteiger partial charge in [0, 0.05) is 16.6 Å². The molecule has 1 aromatic carbocycles. The average Bonchev–Trinajstić information content (AvgIpc) is 2.56. The van der Waals surface area contributed by atoms with E-state index in [1.54, 1.807) is 18.2 Å². The van der Waals surface area contributed by atoms with E-state index in [-0.39, 0.29) is 25.0 Å². The molecule has 5 nitrogen and oxygen atoms in total. The Labute approximate surface area is 168 Å². The van der Waals surface area contributed by atoms with E-state index in [1.807, 2.05) is 0 Å². The summed E-state index contributed by atoms with van der Waals surface area (Å²) in [6.07, 6.45) is 4.69. The van der Waals surface area contributed by atoms with Gasteiger partial charge in [0.05, 0.1) is 11.0 Å². The molecule has 4 saturated carbocycles. The highest BCUT2D eigenvalue weighted by atomic mass is 35.5. The topological polar surface area (TPSA) is 75.6 Å². The third kappa shape index (κ3) is 3.82. The van der Waals surface area contributed by atoms with Crippen LogP contribution in [0.3, 0.4) is 0 Å². The Morgan fingerprint density at radius 2 is 1.89 bits per heavy atom. The van der Waals surface area contributed by atoms with Crippen molar-refractivity contribution in [2.24, 2.45) is 17.3 Å². The Hall–Kier alpha value is -1.30. The van der Waals surface area contributed by atoms with Crippen LogP contribution >= 0.6 is 23.2 Å². The van der Waals surface area contributed by atoms with Crippen LogP contribution in [-0.2, 0) is 20.9 Å². The first-order valence-electron chi connectivity index (χ1n) is 9.37. The molecule has 4 aliphatic rings. The van der Waals surface area contributed by atoms with Crippen molar-refractivity contribution < 1.29 is 19.4 Å². The molecule has 7 heteroatoms. The van der Waals surface area contributed by atoms with Crippen molar-refractivity contribution in [2.75, 3.05) is 6.61 Å². The highest BCUT2D eigenvalue weighted by Crippen LogP contribution is 2.61. The van der Waals surface area contributed by atoms with E-state index in [2.05, 4.69) is 5.32 Å². The van der Waals surface area contributed by atoms with E-state index < -0.39 is 11.0 Å². The molecule has 2 N–H and O–H groups in total. The molecular formula is C20H23Cl2NO4. The lowest BCUT2D eigenvalue weighted by Gasteiger charge is -2.58. The molecule has 5 rings (SSSR count). The van der Waals surface area contributed by atoms with Gasteiger partial charge in [-0.05, 0) is 68.1 Å². The number of carbonyl (C=O) groups excluding carboxylic acids is 2. The van der Waals surface area contributed by atoms with Gasteiger partial charge in [0.25, 0.3) is 5.91 Å². The molecule has 27 heavy (non-hydrogen) atoms. The number of hydrogen-bond donors (Lipinski definition) is 2. The minimum Gasteiger partial charge on any atom is -0.455 e. The van der Waals surface area contributed by atoms with Crippen molar-refractivity contribution in [1.82, 2.24) is 5.32 Å². The largest absolute Gasteiger partial charge is 0.455 e. The number of halogens is 2. The van der Waals surface area contributed by atoms with Gasteiger partial charge in [0.2, 0.25) is 0 Å². The van der Waals surface area contributed by atoms with E-state index in [9.17, 15) is 14.7 Å². The van der Waals surface area contributed by atoms with Gasteiger partial charge in [-0.25, -0.2) is 0 Å². The Morgan fingerprint density at radius 1 is 1.19 bits per heavy atom.